The predicted molar refractivity (Wildman–Crippen MR) is 98.2 cm³/mol. The van der Waals surface area contributed by atoms with Gasteiger partial charge in [0.1, 0.15) is 18.1 Å². The van der Waals surface area contributed by atoms with E-state index in [2.05, 4.69) is 0 Å². The van der Waals surface area contributed by atoms with Gasteiger partial charge in [-0.25, -0.2) is 4.79 Å². The molecule has 0 bridgehead atoms. The Kier molecular flexibility index (Phi) is 8.19. The molecular formula is C21H24O5. The molecule has 0 spiro atoms. The lowest BCUT2D eigenvalue weighted by atomic mass is 10.1. The summed E-state index contributed by atoms with van der Waals surface area (Å²) in [5, 5.41) is 0. The van der Waals surface area contributed by atoms with E-state index in [1.807, 2.05) is 54.6 Å². The quantitative estimate of drug-likeness (QED) is 0.347. The van der Waals surface area contributed by atoms with Crippen LogP contribution >= 0.6 is 0 Å². The molecule has 2 rings (SSSR count). The number of hydrogen-bond donors (Lipinski definition) is 0. The molecule has 0 amide bonds. The molecule has 5 nitrogen and oxygen atoms in total. The first-order valence-corrected chi connectivity index (χ1v) is 8.70. The van der Waals surface area contributed by atoms with Crippen LogP contribution in [0, 0.1) is 0 Å². The van der Waals surface area contributed by atoms with Gasteiger partial charge < -0.3 is 14.2 Å². The number of unbranched alkanes of at least 4 members (excludes halogenated alkanes) is 2. The Hall–Kier alpha value is -2.82. The molecule has 5 heteroatoms. The number of carbonyl (C=O) groups excluding carboxylic acids is 2. The first kappa shape index (κ1) is 19.5. The summed E-state index contributed by atoms with van der Waals surface area (Å²) in [5.41, 5.74) is 0.865. The molecule has 0 atom stereocenters. The average Bonchev–Trinajstić information content (AvgIpc) is 2.69. The van der Waals surface area contributed by atoms with Gasteiger partial charge >= 0.3 is 5.97 Å². The highest BCUT2D eigenvalue weighted by Crippen LogP contribution is 2.17. The van der Waals surface area contributed by atoms with Gasteiger partial charge in [-0.1, -0.05) is 30.3 Å². The summed E-state index contributed by atoms with van der Waals surface area (Å²) in [6, 6.07) is 16.7. The van der Waals surface area contributed by atoms with Gasteiger partial charge in [-0.15, -0.1) is 0 Å². The lowest BCUT2D eigenvalue weighted by Gasteiger charge is -2.07. The predicted octanol–water partition coefficient (Wildman–Crippen LogP) is 3.95. The van der Waals surface area contributed by atoms with E-state index >= 15 is 0 Å². The molecule has 26 heavy (non-hydrogen) atoms. The number of benzene rings is 2. The molecule has 0 aliphatic heterocycles. The van der Waals surface area contributed by atoms with E-state index in [1.165, 1.54) is 0 Å². The maximum atomic E-state index is 11.8. The maximum Gasteiger partial charge on any atom is 0.374 e. The number of carbonyl (C=O) groups is 2. The molecule has 138 valence electrons. The van der Waals surface area contributed by atoms with Gasteiger partial charge in [0, 0.05) is 6.42 Å². The fraction of sp³-hybridized carbons (Fsp3) is 0.333. The molecule has 0 fully saturated rings. The first-order valence-electron chi connectivity index (χ1n) is 8.70. The van der Waals surface area contributed by atoms with Crippen molar-refractivity contribution in [2.75, 3.05) is 13.7 Å². The van der Waals surface area contributed by atoms with E-state index in [1.54, 1.807) is 7.11 Å². The fourth-order valence-corrected chi connectivity index (χ4v) is 2.33. The Labute approximate surface area is 153 Å². The molecule has 0 radical (unpaired) electrons. The summed E-state index contributed by atoms with van der Waals surface area (Å²) in [5.74, 6) is 0.335. The van der Waals surface area contributed by atoms with Crippen LogP contribution in [0.15, 0.2) is 54.6 Å². The Morgan fingerprint density at radius 2 is 1.54 bits per heavy atom. The van der Waals surface area contributed by atoms with Crippen molar-refractivity contribution in [2.24, 2.45) is 0 Å². The topological polar surface area (TPSA) is 61.8 Å². The molecule has 0 aromatic heterocycles. The minimum atomic E-state index is -0.761. The lowest BCUT2D eigenvalue weighted by molar-refractivity contribution is -0.154. The van der Waals surface area contributed by atoms with Crippen molar-refractivity contribution in [1.82, 2.24) is 0 Å². The van der Waals surface area contributed by atoms with Crippen LogP contribution in [-0.4, -0.2) is 25.5 Å². The van der Waals surface area contributed by atoms with Gasteiger partial charge in [0.05, 0.1) is 13.7 Å². The van der Waals surface area contributed by atoms with Crippen LogP contribution in [0.1, 0.15) is 31.2 Å². The summed E-state index contributed by atoms with van der Waals surface area (Å²) in [6.45, 7) is 0.695. The van der Waals surface area contributed by atoms with Gasteiger partial charge in [0.2, 0.25) is 5.78 Å². The summed E-state index contributed by atoms with van der Waals surface area (Å²) in [6.07, 6.45) is 2.48. The van der Waals surface area contributed by atoms with Crippen molar-refractivity contribution in [3.05, 3.63) is 60.2 Å². The molecule has 2 aromatic rings. The molecular weight excluding hydrogens is 332 g/mol. The van der Waals surface area contributed by atoms with Crippen LogP contribution in [0.2, 0.25) is 0 Å². The van der Waals surface area contributed by atoms with Crippen molar-refractivity contribution in [2.45, 2.75) is 32.3 Å². The molecule has 0 aliphatic carbocycles. The zero-order valence-corrected chi connectivity index (χ0v) is 15.0. The number of ether oxygens (including phenoxy) is 3. The monoisotopic (exact) mass is 356 g/mol. The number of rotatable bonds is 11. The van der Waals surface area contributed by atoms with Gasteiger partial charge in [-0.2, -0.15) is 0 Å². The second-order valence-electron chi connectivity index (χ2n) is 5.82. The summed E-state index contributed by atoms with van der Waals surface area (Å²) in [4.78, 5) is 23.4. The molecule has 0 saturated carbocycles. The van der Waals surface area contributed by atoms with Crippen molar-refractivity contribution < 1.29 is 23.8 Å². The summed E-state index contributed by atoms with van der Waals surface area (Å²) in [7, 11) is 1.62. The number of hydrogen-bond acceptors (Lipinski definition) is 5. The van der Waals surface area contributed by atoms with Gasteiger partial charge in [-0.3, -0.25) is 4.79 Å². The van der Waals surface area contributed by atoms with Crippen LogP contribution in [0.4, 0.5) is 0 Å². The van der Waals surface area contributed by atoms with Crippen molar-refractivity contribution in [3.63, 3.8) is 0 Å². The van der Waals surface area contributed by atoms with E-state index in [0.717, 1.165) is 29.9 Å². The minimum absolute atomic E-state index is 0.126. The highest BCUT2D eigenvalue weighted by atomic mass is 16.5. The van der Waals surface area contributed by atoms with Gasteiger partial charge in [0.25, 0.3) is 0 Å². The standard InChI is InChI=1S/C21H24O5/c1-24-18-11-13-19(14-12-18)25-15-7-3-6-10-20(22)21(23)26-16-17-8-4-2-5-9-17/h2,4-5,8-9,11-14H,3,6-7,10,15-16H2,1H3. The van der Waals surface area contributed by atoms with E-state index < -0.39 is 11.8 Å². The number of Topliss-reactive ketones (excluding diaryl/α,β-unsaturated/α-hetero) is 1. The number of esters is 1. The van der Waals surface area contributed by atoms with E-state index in [0.29, 0.717) is 13.0 Å². The van der Waals surface area contributed by atoms with Crippen molar-refractivity contribution >= 4 is 11.8 Å². The average molecular weight is 356 g/mol. The third-order valence-electron chi connectivity index (χ3n) is 3.82. The Balaban J connectivity index is 1.54. The van der Waals surface area contributed by atoms with E-state index in [4.69, 9.17) is 14.2 Å². The molecule has 0 aliphatic rings. The third kappa shape index (κ3) is 6.97. The zero-order chi connectivity index (χ0) is 18.6. The second kappa shape index (κ2) is 10.9. The highest BCUT2D eigenvalue weighted by Gasteiger charge is 2.14. The van der Waals surface area contributed by atoms with Crippen molar-refractivity contribution in [3.8, 4) is 11.5 Å². The van der Waals surface area contributed by atoms with Crippen LogP contribution in [0.5, 0.6) is 11.5 Å². The minimum Gasteiger partial charge on any atom is -0.497 e. The smallest absolute Gasteiger partial charge is 0.374 e. The Morgan fingerprint density at radius 1 is 0.846 bits per heavy atom. The SMILES string of the molecule is COc1ccc(OCCCCCC(=O)C(=O)OCc2ccccc2)cc1. The summed E-state index contributed by atoms with van der Waals surface area (Å²) < 4.78 is 15.7. The van der Waals surface area contributed by atoms with Crippen LogP contribution in [0.3, 0.4) is 0 Å². The molecule has 0 heterocycles. The van der Waals surface area contributed by atoms with Gasteiger partial charge in [-0.05, 0) is 49.1 Å². The van der Waals surface area contributed by atoms with Crippen LogP contribution in [-0.2, 0) is 20.9 Å². The van der Waals surface area contributed by atoms with E-state index in [-0.39, 0.29) is 13.0 Å². The lowest BCUT2D eigenvalue weighted by Crippen LogP contribution is -2.17. The molecule has 2 aromatic carbocycles. The number of methoxy groups -OCH3 is 1. The maximum absolute atomic E-state index is 11.8. The third-order valence-corrected chi connectivity index (χ3v) is 3.82. The highest BCUT2D eigenvalue weighted by molar-refractivity contribution is 6.33. The van der Waals surface area contributed by atoms with Crippen molar-refractivity contribution in [1.29, 1.82) is 0 Å². The normalized spacial score (nSPS) is 10.2. The summed E-state index contributed by atoms with van der Waals surface area (Å²) >= 11 is 0. The largest absolute Gasteiger partial charge is 0.497 e. The van der Waals surface area contributed by atoms with E-state index in [9.17, 15) is 9.59 Å². The molecule has 0 saturated heterocycles. The second-order valence-corrected chi connectivity index (χ2v) is 5.82. The van der Waals surface area contributed by atoms with Crippen LogP contribution in [0.25, 0.3) is 0 Å². The Morgan fingerprint density at radius 3 is 2.23 bits per heavy atom. The number of ketones is 1. The molecule has 0 N–H and O–H groups in total. The Bertz CT molecular complexity index is 679. The first-order chi connectivity index (χ1) is 12.7. The zero-order valence-electron chi connectivity index (χ0n) is 15.0. The van der Waals surface area contributed by atoms with Crippen LogP contribution < -0.4 is 9.47 Å². The molecule has 0 unspecified atom stereocenters. The van der Waals surface area contributed by atoms with Gasteiger partial charge in [0.15, 0.2) is 0 Å². The fourth-order valence-electron chi connectivity index (χ4n) is 2.33.